The predicted octanol–water partition coefficient (Wildman–Crippen LogP) is 4.31. The number of H-pyrrole nitrogens is 1. The van der Waals surface area contributed by atoms with Gasteiger partial charge in [0.05, 0.1) is 34.0 Å². The minimum absolute atomic E-state index is 0.133. The van der Waals surface area contributed by atoms with Gasteiger partial charge in [-0.2, -0.15) is 0 Å². The predicted molar refractivity (Wildman–Crippen MR) is 154 cm³/mol. The molecule has 40 heavy (non-hydrogen) atoms. The van der Waals surface area contributed by atoms with Crippen molar-refractivity contribution in [3.05, 3.63) is 70.4 Å². The molecule has 4 N–H and O–H groups in total. The number of aliphatic hydroxyl groups is 1. The molecule has 208 valence electrons. The normalized spacial score (nSPS) is 14.3. The Morgan fingerprint density at radius 1 is 1.12 bits per heavy atom. The van der Waals surface area contributed by atoms with E-state index >= 15 is 0 Å². The molecule has 0 bridgehead atoms. The number of nitrogens with one attached hydrogen (secondary N) is 2. The quantitative estimate of drug-likeness (QED) is 0.222. The van der Waals surface area contributed by atoms with Crippen LogP contribution in [0.3, 0.4) is 0 Å². The summed E-state index contributed by atoms with van der Waals surface area (Å²) in [5, 5.41) is 24.9. The van der Waals surface area contributed by atoms with Crippen molar-refractivity contribution in [3.8, 4) is 17.3 Å². The molecule has 0 spiro atoms. The maximum Gasteiger partial charge on any atom is 0.261 e. The van der Waals surface area contributed by atoms with E-state index < -0.39 is 6.10 Å². The number of anilines is 1. The van der Waals surface area contributed by atoms with Gasteiger partial charge in [-0.05, 0) is 55.4 Å². The first-order chi connectivity index (χ1) is 18.9. The number of fused-ring (bicyclic) bond motifs is 2. The van der Waals surface area contributed by atoms with E-state index in [0.717, 1.165) is 0 Å². The van der Waals surface area contributed by atoms with Crippen molar-refractivity contribution in [2.75, 3.05) is 39.0 Å². The Bertz CT molecular complexity index is 1560. The van der Waals surface area contributed by atoms with E-state index in [2.05, 4.69) is 20.3 Å². The number of hydrogen-bond donors (Lipinski definition) is 4. The molecule has 2 amide bonds. The Labute approximate surface area is 236 Å². The third-order valence-electron chi connectivity index (χ3n) is 6.79. The average Bonchev–Trinajstić information content (AvgIpc) is 3.39. The van der Waals surface area contributed by atoms with Crippen molar-refractivity contribution in [2.45, 2.75) is 20.0 Å². The van der Waals surface area contributed by atoms with E-state index in [4.69, 9.17) is 11.6 Å². The standard InChI is InChI=1S/C29H31ClN6O4/c1-29(2,14-35(3)4)15-36-27(39)18-11-21-22(12-19(18)28(36)40)34-25(33-21)24-20(8-9-31-26(24)38)32-13-23(37)16-6-5-7-17(30)10-16/h5-12,23,37H,13-15H2,1-4H3,(H,33,34)(H2,31,32,38)/t23-/m1/s1. The summed E-state index contributed by atoms with van der Waals surface area (Å²) >= 11 is 6.05. The lowest BCUT2D eigenvalue weighted by molar-refractivity contribution is 0.0570. The number of amides is 2. The summed E-state index contributed by atoms with van der Waals surface area (Å²) in [5.74, 6) is -0.658. The minimum Gasteiger partial charge on any atom is -0.493 e. The number of aromatic hydroxyl groups is 1. The Kier molecular flexibility index (Phi) is 7.26. The first-order valence-corrected chi connectivity index (χ1v) is 13.2. The summed E-state index contributed by atoms with van der Waals surface area (Å²) in [4.78, 5) is 41.6. The molecule has 0 aliphatic carbocycles. The number of imidazole rings is 1. The lowest BCUT2D eigenvalue weighted by Crippen LogP contribution is -2.42. The van der Waals surface area contributed by atoms with Gasteiger partial charge in [0, 0.05) is 30.9 Å². The summed E-state index contributed by atoms with van der Waals surface area (Å²) in [5.41, 5.74) is 2.76. The van der Waals surface area contributed by atoms with Crippen LogP contribution in [0.4, 0.5) is 5.69 Å². The van der Waals surface area contributed by atoms with E-state index in [9.17, 15) is 19.8 Å². The molecule has 1 aliphatic heterocycles. The number of benzene rings is 2. The highest BCUT2D eigenvalue weighted by molar-refractivity contribution is 6.30. The molecular weight excluding hydrogens is 532 g/mol. The van der Waals surface area contributed by atoms with E-state index in [0.29, 0.717) is 62.9 Å². The molecule has 5 rings (SSSR count). The van der Waals surface area contributed by atoms with E-state index in [1.807, 2.05) is 32.8 Å². The molecule has 0 fully saturated rings. The van der Waals surface area contributed by atoms with Crippen LogP contribution in [0.15, 0.2) is 48.7 Å². The fourth-order valence-electron chi connectivity index (χ4n) is 5.26. The van der Waals surface area contributed by atoms with E-state index in [1.54, 1.807) is 42.5 Å². The Morgan fingerprint density at radius 3 is 2.55 bits per heavy atom. The van der Waals surface area contributed by atoms with Gasteiger partial charge in [-0.25, -0.2) is 9.97 Å². The number of imide groups is 1. The number of aromatic amines is 1. The molecular formula is C29H31ClN6O4. The van der Waals surface area contributed by atoms with Crippen LogP contribution >= 0.6 is 11.6 Å². The molecule has 0 saturated carbocycles. The van der Waals surface area contributed by atoms with Crippen LogP contribution in [-0.4, -0.2) is 80.5 Å². The van der Waals surface area contributed by atoms with Gasteiger partial charge in [-0.1, -0.05) is 37.6 Å². The highest BCUT2D eigenvalue weighted by Crippen LogP contribution is 2.36. The zero-order valence-corrected chi connectivity index (χ0v) is 23.5. The van der Waals surface area contributed by atoms with Crippen LogP contribution in [-0.2, 0) is 0 Å². The van der Waals surface area contributed by atoms with Gasteiger partial charge >= 0.3 is 0 Å². The Balaban J connectivity index is 1.42. The number of hydrogen-bond acceptors (Lipinski definition) is 8. The molecule has 10 nitrogen and oxygen atoms in total. The first-order valence-electron chi connectivity index (χ1n) is 12.8. The van der Waals surface area contributed by atoms with Crippen molar-refractivity contribution in [1.82, 2.24) is 24.8 Å². The van der Waals surface area contributed by atoms with Crippen LogP contribution in [0.1, 0.15) is 46.2 Å². The molecule has 2 aromatic carbocycles. The smallest absolute Gasteiger partial charge is 0.261 e. The lowest BCUT2D eigenvalue weighted by Gasteiger charge is -2.31. The molecule has 4 aromatic rings. The van der Waals surface area contributed by atoms with Gasteiger partial charge in [-0.15, -0.1) is 0 Å². The maximum absolute atomic E-state index is 13.3. The topological polar surface area (TPSA) is 135 Å². The lowest BCUT2D eigenvalue weighted by atomic mass is 9.92. The molecule has 0 saturated heterocycles. The number of carbonyl (C=O) groups is 2. The highest BCUT2D eigenvalue weighted by atomic mass is 35.5. The second-order valence-electron chi connectivity index (χ2n) is 11.1. The van der Waals surface area contributed by atoms with Crippen LogP contribution in [0.25, 0.3) is 22.4 Å². The third kappa shape index (κ3) is 5.38. The van der Waals surface area contributed by atoms with Crippen LogP contribution < -0.4 is 5.32 Å². The fraction of sp³-hybridized carbons (Fsp3) is 0.310. The summed E-state index contributed by atoms with van der Waals surface area (Å²) in [6.07, 6.45) is 0.580. The zero-order valence-electron chi connectivity index (χ0n) is 22.7. The van der Waals surface area contributed by atoms with Crippen molar-refractivity contribution < 1.29 is 19.8 Å². The first kappa shape index (κ1) is 27.6. The average molecular weight is 563 g/mol. The second kappa shape index (κ2) is 10.5. The van der Waals surface area contributed by atoms with Crippen molar-refractivity contribution in [3.63, 3.8) is 0 Å². The van der Waals surface area contributed by atoms with Gasteiger partial charge in [-0.3, -0.25) is 14.5 Å². The van der Waals surface area contributed by atoms with Crippen molar-refractivity contribution in [2.24, 2.45) is 5.41 Å². The molecule has 1 atom stereocenters. The molecule has 0 unspecified atom stereocenters. The number of aromatic nitrogens is 3. The highest BCUT2D eigenvalue weighted by Gasteiger charge is 2.39. The van der Waals surface area contributed by atoms with Gasteiger partial charge < -0.3 is 25.4 Å². The maximum atomic E-state index is 13.3. The monoisotopic (exact) mass is 562 g/mol. The molecule has 11 heteroatoms. The SMILES string of the molecule is CN(C)CC(C)(C)CN1C(=O)c2cc3nc(-c4c(NC[C@@H](O)c5cccc(Cl)c5)ccnc4O)[nH]c3cc2C1=O. The number of halogens is 1. The van der Waals surface area contributed by atoms with Gasteiger partial charge in [0.1, 0.15) is 11.4 Å². The number of nitrogens with zero attached hydrogens (tertiary/aromatic N) is 4. The second-order valence-corrected chi connectivity index (χ2v) is 11.5. The molecule has 0 radical (unpaired) electrons. The van der Waals surface area contributed by atoms with Crippen molar-refractivity contribution >= 4 is 40.1 Å². The van der Waals surface area contributed by atoms with Gasteiger partial charge in [0.2, 0.25) is 5.88 Å². The van der Waals surface area contributed by atoms with Crippen molar-refractivity contribution in [1.29, 1.82) is 0 Å². The summed E-state index contributed by atoms with van der Waals surface area (Å²) in [6, 6.07) is 11.8. The van der Waals surface area contributed by atoms with Gasteiger partial charge in [0.15, 0.2) is 0 Å². The van der Waals surface area contributed by atoms with Gasteiger partial charge in [0.25, 0.3) is 11.8 Å². The number of aliphatic hydroxyl groups excluding tert-OH is 1. The molecule has 1 aliphatic rings. The number of rotatable bonds is 9. The molecule has 2 aromatic heterocycles. The zero-order chi connectivity index (χ0) is 28.8. The van der Waals surface area contributed by atoms with E-state index in [1.165, 1.54) is 11.1 Å². The van der Waals surface area contributed by atoms with Crippen LogP contribution in [0, 0.1) is 5.41 Å². The largest absolute Gasteiger partial charge is 0.493 e. The Hall–Kier alpha value is -3.99. The minimum atomic E-state index is -0.858. The van der Waals surface area contributed by atoms with Crippen LogP contribution in [0.2, 0.25) is 5.02 Å². The van der Waals surface area contributed by atoms with Crippen LogP contribution in [0.5, 0.6) is 5.88 Å². The Morgan fingerprint density at radius 2 is 1.85 bits per heavy atom. The summed E-state index contributed by atoms with van der Waals surface area (Å²) < 4.78 is 0. The summed E-state index contributed by atoms with van der Waals surface area (Å²) in [6.45, 7) is 5.19. The molecule has 3 heterocycles. The third-order valence-corrected chi connectivity index (χ3v) is 7.02. The van der Waals surface area contributed by atoms with E-state index in [-0.39, 0.29) is 29.7 Å². The fourth-order valence-corrected chi connectivity index (χ4v) is 5.46. The summed E-state index contributed by atoms with van der Waals surface area (Å²) in [7, 11) is 3.91. The number of carbonyl (C=O) groups excluding carboxylic acids is 2. The number of pyridine rings is 1.